The van der Waals surface area contributed by atoms with Gasteiger partial charge in [-0.05, 0) is 64.0 Å². The second-order valence-corrected chi connectivity index (χ2v) is 10.5. The number of fused-ring (bicyclic) bond motifs is 3. The van der Waals surface area contributed by atoms with Gasteiger partial charge in [-0.1, -0.05) is 24.6 Å². The number of carbonyl (C=O) groups is 1. The molecule has 3 aliphatic heterocycles. The van der Waals surface area contributed by atoms with Gasteiger partial charge in [0.1, 0.15) is 5.52 Å². The van der Waals surface area contributed by atoms with Crippen LogP contribution in [0.15, 0.2) is 46.9 Å². The normalized spacial score (nSPS) is 25.7. The predicted molar refractivity (Wildman–Crippen MR) is 139 cm³/mol. The van der Waals surface area contributed by atoms with Crippen LogP contribution in [0.2, 0.25) is 0 Å². The summed E-state index contributed by atoms with van der Waals surface area (Å²) in [5.74, 6) is 0.527. The van der Waals surface area contributed by atoms with Gasteiger partial charge in [-0.2, -0.15) is 0 Å². The number of rotatable bonds is 4. The van der Waals surface area contributed by atoms with E-state index in [1.807, 2.05) is 24.3 Å². The summed E-state index contributed by atoms with van der Waals surface area (Å²) in [5.41, 5.74) is 4.00. The second-order valence-electron chi connectivity index (χ2n) is 10.5. The predicted octanol–water partition coefficient (Wildman–Crippen LogP) is 3.99. The highest BCUT2D eigenvalue weighted by Crippen LogP contribution is 2.35. The number of benzene rings is 2. The van der Waals surface area contributed by atoms with E-state index in [9.17, 15) is 4.79 Å². The Morgan fingerprint density at radius 2 is 1.71 bits per heavy atom. The number of para-hydroxylation sites is 2. The number of hydrogen-bond acceptors (Lipinski definition) is 6. The number of piperidine rings is 2. The van der Waals surface area contributed by atoms with E-state index in [2.05, 4.69) is 52.3 Å². The van der Waals surface area contributed by atoms with Crippen molar-refractivity contribution in [2.24, 2.45) is 0 Å². The first-order valence-corrected chi connectivity index (χ1v) is 13.0. The van der Waals surface area contributed by atoms with Crippen molar-refractivity contribution in [2.45, 2.75) is 50.2 Å². The molecule has 7 heteroatoms. The van der Waals surface area contributed by atoms with Gasteiger partial charge < -0.3 is 24.4 Å². The zero-order chi connectivity index (χ0) is 23.9. The molecule has 6 rings (SSSR count). The van der Waals surface area contributed by atoms with Gasteiger partial charge in [0, 0.05) is 50.0 Å². The molecule has 2 atom stereocenters. The third-order valence-electron chi connectivity index (χ3n) is 8.32. The Labute approximate surface area is 207 Å². The fourth-order valence-corrected chi connectivity index (χ4v) is 6.22. The summed E-state index contributed by atoms with van der Waals surface area (Å²) in [7, 11) is 4.40. The first kappa shape index (κ1) is 22.6. The van der Waals surface area contributed by atoms with Crippen LogP contribution in [0.5, 0.6) is 0 Å². The number of anilines is 1. The van der Waals surface area contributed by atoms with E-state index in [4.69, 9.17) is 9.40 Å². The molecule has 184 valence electrons. The lowest BCUT2D eigenvalue weighted by atomic mass is 9.82. The third kappa shape index (κ3) is 4.32. The third-order valence-corrected chi connectivity index (χ3v) is 8.32. The van der Waals surface area contributed by atoms with Crippen LogP contribution in [0, 0.1) is 0 Å². The molecule has 0 radical (unpaired) electrons. The van der Waals surface area contributed by atoms with E-state index in [1.54, 1.807) is 0 Å². The molecule has 4 heterocycles. The van der Waals surface area contributed by atoms with E-state index in [1.165, 1.54) is 19.3 Å². The molecule has 2 unspecified atom stereocenters. The minimum atomic E-state index is -0.0459. The Hall–Kier alpha value is -2.90. The molecule has 0 spiro atoms. The van der Waals surface area contributed by atoms with Crippen molar-refractivity contribution < 1.29 is 9.21 Å². The molecule has 2 aromatic carbocycles. The Morgan fingerprint density at radius 3 is 2.49 bits per heavy atom. The van der Waals surface area contributed by atoms with E-state index < -0.39 is 0 Å². The van der Waals surface area contributed by atoms with Crippen molar-refractivity contribution in [3.05, 3.63) is 48.0 Å². The highest BCUT2D eigenvalue weighted by atomic mass is 16.3. The number of nitrogens with one attached hydrogen (secondary N) is 1. The number of aromatic nitrogens is 1. The van der Waals surface area contributed by atoms with Crippen molar-refractivity contribution in [1.29, 1.82) is 0 Å². The van der Waals surface area contributed by atoms with Gasteiger partial charge in [0.2, 0.25) is 5.89 Å². The van der Waals surface area contributed by atoms with Crippen LogP contribution in [-0.2, 0) is 0 Å². The van der Waals surface area contributed by atoms with E-state index in [0.717, 1.165) is 50.3 Å². The fraction of sp³-hybridized carbons (Fsp3) is 0.500. The topological polar surface area (TPSA) is 64.8 Å². The summed E-state index contributed by atoms with van der Waals surface area (Å²) >= 11 is 0. The van der Waals surface area contributed by atoms with Gasteiger partial charge in [0.05, 0.1) is 11.1 Å². The molecule has 0 saturated carbocycles. The smallest absolute Gasteiger partial charge is 0.253 e. The summed E-state index contributed by atoms with van der Waals surface area (Å²) in [6.45, 7) is 4.01. The van der Waals surface area contributed by atoms with Gasteiger partial charge in [0.15, 0.2) is 5.58 Å². The molecule has 2 bridgehead atoms. The molecule has 3 aromatic rings. The number of piperazine rings is 1. The molecule has 3 aliphatic rings. The molecule has 1 amide bonds. The van der Waals surface area contributed by atoms with Gasteiger partial charge in [0.25, 0.3) is 5.91 Å². The number of carbonyl (C=O) groups excluding carboxylic acids is 1. The molecule has 35 heavy (non-hydrogen) atoms. The minimum absolute atomic E-state index is 0.0459. The molecule has 3 fully saturated rings. The molecular weight excluding hydrogens is 438 g/mol. The average Bonchev–Trinajstić information content (AvgIpc) is 3.29. The number of amides is 1. The number of nitrogens with zero attached hydrogens (tertiary/aromatic N) is 4. The van der Waals surface area contributed by atoms with E-state index in [0.29, 0.717) is 34.6 Å². The largest absolute Gasteiger partial charge is 0.436 e. The van der Waals surface area contributed by atoms with Crippen molar-refractivity contribution >= 4 is 22.7 Å². The maximum atomic E-state index is 13.4. The van der Waals surface area contributed by atoms with Crippen LogP contribution in [0.3, 0.4) is 0 Å². The van der Waals surface area contributed by atoms with Crippen LogP contribution in [0.4, 0.5) is 5.69 Å². The van der Waals surface area contributed by atoms with Crippen LogP contribution in [0.25, 0.3) is 22.6 Å². The highest BCUT2D eigenvalue weighted by Gasteiger charge is 2.36. The van der Waals surface area contributed by atoms with E-state index >= 15 is 0 Å². The average molecular weight is 474 g/mol. The second kappa shape index (κ2) is 9.28. The van der Waals surface area contributed by atoms with Crippen LogP contribution >= 0.6 is 0 Å². The van der Waals surface area contributed by atoms with Crippen molar-refractivity contribution in [3.8, 4) is 11.5 Å². The highest BCUT2D eigenvalue weighted by molar-refractivity contribution is 6.05. The molecule has 1 aromatic heterocycles. The van der Waals surface area contributed by atoms with Crippen LogP contribution in [-0.4, -0.2) is 79.1 Å². The number of likely N-dealkylation sites (N-methyl/N-ethyl adjacent to an activating group) is 1. The van der Waals surface area contributed by atoms with Gasteiger partial charge in [-0.25, -0.2) is 4.98 Å². The fourth-order valence-electron chi connectivity index (χ4n) is 6.22. The Morgan fingerprint density at radius 1 is 0.971 bits per heavy atom. The van der Waals surface area contributed by atoms with Crippen molar-refractivity contribution in [1.82, 2.24) is 20.1 Å². The maximum Gasteiger partial charge on any atom is 0.253 e. The van der Waals surface area contributed by atoms with Gasteiger partial charge in [-0.15, -0.1) is 0 Å². The standard InChI is InChI=1S/C28H35N5O2/c1-31-13-15-33(16-14-31)24-11-4-3-9-22(24)28-30-26-23(10-6-12-25(26)35-28)27(34)29-19-17-20-7-5-8-21(18-19)32(20)2/h3-4,6,9-12,19-21H,5,7-8,13-18H2,1-2H3,(H,29,34). The SMILES string of the molecule is CN1CCN(c2ccccc2-c2nc3c(C(=O)NC4CC5CCCC(C4)N5C)cccc3o2)CC1. The minimum Gasteiger partial charge on any atom is -0.436 e. The molecule has 1 N–H and O–H groups in total. The summed E-state index contributed by atoms with van der Waals surface area (Å²) < 4.78 is 6.23. The Kier molecular flexibility index (Phi) is 5.98. The lowest BCUT2D eigenvalue weighted by Crippen LogP contribution is -2.55. The van der Waals surface area contributed by atoms with Gasteiger partial charge >= 0.3 is 0 Å². The molecule has 3 saturated heterocycles. The van der Waals surface area contributed by atoms with Crippen molar-refractivity contribution in [2.75, 3.05) is 45.2 Å². The lowest BCUT2D eigenvalue weighted by Gasteiger charge is -2.47. The number of hydrogen-bond donors (Lipinski definition) is 1. The Balaban J connectivity index is 1.27. The van der Waals surface area contributed by atoms with Crippen LogP contribution in [0.1, 0.15) is 42.5 Å². The first-order chi connectivity index (χ1) is 17.1. The molecular formula is C28H35N5O2. The van der Waals surface area contributed by atoms with E-state index in [-0.39, 0.29) is 11.9 Å². The zero-order valence-electron chi connectivity index (χ0n) is 20.7. The lowest BCUT2D eigenvalue weighted by molar-refractivity contribution is 0.0463. The Bertz CT molecular complexity index is 1200. The summed E-state index contributed by atoms with van der Waals surface area (Å²) in [6.07, 6.45) is 5.81. The molecule has 7 nitrogen and oxygen atoms in total. The van der Waals surface area contributed by atoms with Crippen LogP contribution < -0.4 is 10.2 Å². The number of oxazole rings is 1. The molecule has 0 aliphatic carbocycles. The monoisotopic (exact) mass is 473 g/mol. The summed E-state index contributed by atoms with van der Waals surface area (Å²) in [5, 5.41) is 3.33. The quantitative estimate of drug-likeness (QED) is 0.618. The first-order valence-electron chi connectivity index (χ1n) is 13.0. The van der Waals surface area contributed by atoms with Gasteiger partial charge in [-0.3, -0.25) is 4.79 Å². The maximum absolute atomic E-state index is 13.4. The zero-order valence-corrected chi connectivity index (χ0v) is 20.7. The van der Waals surface area contributed by atoms with Crippen molar-refractivity contribution in [3.63, 3.8) is 0 Å². The summed E-state index contributed by atoms with van der Waals surface area (Å²) in [4.78, 5) is 25.5. The summed E-state index contributed by atoms with van der Waals surface area (Å²) in [6, 6.07) is 15.3.